The van der Waals surface area contributed by atoms with Crippen LogP contribution in [0.15, 0.2) is 29.1 Å². The summed E-state index contributed by atoms with van der Waals surface area (Å²) in [5.41, 5.74) is 0.553. The van der Waals surface area contributed by atoms with Gasteiger partial charge in [0, 0.05) is 25.4 Å². The maximum atomic E-state index is 11.6. The number of carbonyl (C=O) groups excluding carboxylic acids is 1. The van der Waals surface area contributed by atoms with Gasteiger partial charge >= 0.3 is 0 Å². The van der Waals surface area contributed by atoms with Gasteiger partial charge in [0.1, 0.15) is 17.8 Å². The number of furan rings is 1. The minimum Gasteiger partial charge on any atom is -0.469 e. The van der Waals surface area contributed by atoms with Crippen molar-refractivity contribution >= 4 is 5.91 Å². The molecule has 5 nitrogen and oxygen atoms in total. The van der Waals surface area contributed by atoms with E-state index in [0.717, 1.165) is 11.6 Å². The maximum Gasteiger partial charge on any atom is 0.254 e. The molecule has 84 valence electrons. The van der Waals surface area contributed by atoms with Crippen LogP contribution in [-0.4, -0.2) is 22.4 Å². The quantitative estimate of drug-likeness (QED) is 0.813. The Morgan fingerprint density at radius 2 is 2.50 bits per heavy atom. The van der Waals surface area contributed by atoms with Gasteiger partial charge in [-0.3, -0.25) is 4.79 Å². The Morgan fingerprint density at radius 1 is 1.62 bits per heavy atom. The third-order valence-electron chi connectivity index (χ3n) is 2.19. The lowest BCUT2D eigenvalue weighted by atomic mass is 10.3. The Kier molecular flexibility index (Phi) is 3.05. The summed E-state index contributed by atoms with van der Waals surface area (Å²) in [6, 6.07) is 1.71. The number of rotatable bonds is 4. The molecule has 2 rings (SSSR count). The van der Waals surface area contributed by atoms with Gasteiger partial charge in [-0.25, -0.2) is 4.98 Å². The number of amides is 1. The van der Waals surface area contributed by atoms with Gasteiger partial charge in [0.2, 0.25) is 0 Å². The SMILES string of the molecule is Cc1cc(C(=O)NCCc2ncc[nH]2)co1. The van der Waals surface area contributed by atoms with Crippen LogP contribution in [-0.2, 0) is 6.42 Å². The van der Waals surface area contributed by atoms with E-state index >= 15 is 0 Å². The molecule has 2 aromatic rings. The number of aromatic amines is 1. The smallest absolute Gasteiger partial charge is 0.254 e. The third-order valence-corrected chi connectivity index (χ3v) is 2.19. The second-order valence-corrected chi connectivity index (χ2v) is 3.49. The van der Waals surface area contributed by atoms with Gasteiger partial charge in [-0.15, -0.1) is 0 Å². The highest BCUT2D eigenvalue weighted by Gasteiger charge is 2.07. The third kappa shape index (κ3) is 2.50. The van der Waals surface area contributed by atoms with Crippen molar-refractivity contribution in [3.05, 3.63) is 41.9 Å². The van der Waals surface area contributed by atoms with E-state index in [4.69, 9.17) is 4.42 Å². The van der Waals surface area contributed by atoms with Crippen LogP contribution in [0.4, 0.5) is 0 Å². The van der Waals surface area contributed by atoms with Crippen LogP contribution < -0.4 is 5.32 Å². The van der Waals surface area contributed by atoms with Gasteiger partial charge < -0.3 is 14.7 Å². The molecule has 5 heteroatoms. The molecule has 0 fully saturated rings. The fraction of sp³-hybridized carbons (Fsp3) is 0.273. The monoisotopic (exact) mass is 219 g/mol. The van der Waals surface area contributed by atoms with Crippen molar-refractivity contribution in [1.29, 1.82) is 0 Å². The van der Waals surface area contributed by atoms with Gasteiger partial charge in [-0.2, -0.15) is 0 Å². The average molecular weight is 219 g/mol. The molecule has 16 heavy (non-hydrogen) atoms. The lowest BCUT2D eigenvalue weighted by Gasteiger charge is -2.00. The molecule has 0 aromatic carbocycles. The first kappa shape index (κ1) is 10.5. The van der Waals surface area contributed by atoms with E-state index in [-0.39, 0.29) is 5.91 Å². The number of nitrogens with zero attached hydrogens (tertiary/aromatic N) is 1. The van der Waals surface area contributed by atoms with Gasteiger partial charge in [-0.05, 0) is 13.0 Å². The Hall–Kier alpha value is -2.04. The first-order valence-electron chi connectivity index (χ1n) is 5.07. The van der Waals surface area contributed by atoms with Crippen LogP contribution in [0, 0.1) is 6.92 Å². The van der Waals surface area contributed by atoms with E-state index in [1.165, 1.54) is 6.26 Å². The Balaban J connectivity index is 1.80. The zero-order valence-corrected chi connectivity index (χ0v) is 8.99. The highest BCUT2D eigenvalue weighted by Crippen LogP contribution is 2.05. The average Bonchev–Trinajstić information content (AvgIpc) is 2.89. The van der Waals surface area contributed by atoms with Crippen LogP contribution in [0.1, 0.15) is 21.9 Å². The van der Waals surface area contributed by atoms with Crippen molar-refractivity contribution in [3.63, 3.8) is 0 Å². The highest BCUT2D eigenvalue weighted by atomic mass is 16.3. The molecule has 2 heterocycles. The van der Waals surface area contributed by atoms with Crippen LogP contribution in [0.2, 0.25) is 0 Å². The molecule has 0 saturated carbocycles. The van der Waals surface area contributed by atoms with Crippen molar-refractivity contribution in [2.75, 3.05) is 6.54 Å². The second kappa shape index (κ2) is 4.65. The minimum atomic E-state index is -0.122. The molecule has 2 aromatic heterocycles. The topological polar surface area (TPSA) is 70.9 Å². The van der Waals surface area contributed by atoms with E-state index in [1.54, 1.807) is 25.4 Å². The summed E-state index contributed by atoms with van der Waals surface area (Å²) in [6.45, 7) is 2.36. The number of hydrogen-bond donors (Lipinski definition) is 2. The normalized spacial score (nSPS) is 10.3. The zero-order valence-electron chi connectivity index (χ0n) is 8.99. The summed E-state index contributed by atoms with van der Waals surface area (Å²) in [7, 11) is 0. The summed E-state index contributed by atoms with van der Waals surface area (Å²) in [5, 5.41) is 2.79. The lowest BCUT2D eigenvalue weighted by Crippen LogP contribution is -2.25. The lowest BCUT2D eigenvalue weighted by molar-refractivity contribution is 0.0953. The molecule has 0 aliphatic heterocycles. The number of hydrogen-bond acceptors (Lipinski definition) is 3. The molecule has 1 amide bonds. The molecule has 2 N–H and O–H groups in total. The van der Waals surface area contributed by atoms with Crippen molar-refractivity contribution in [3.8, 4) is 0 Å². The number of imidazole rings is 1. The first-order valence-corrected chi connectivity index (χ1v) is 5.07. The van der Waals surface area contributed by atoms with E-state index in [2.05, 4.69) is 15.3 Å². The van der Waals surface area contributed by atoms with E-state index in [9.17, 15) is 4.79 Å². The van der Waals surface area contributed by atoms with Crippen molar-refractivity contribution in [1.82, 2.24) is 15.3 Å². The minimum absolute atomic E-state index is 0.122. The molecular weight excluding hydrogens is 206 g/mol. The van der Waals surface area contributed by atoms with Crippen molar-refractivity contribution < 1.29 is 9.21 Å². The molecule has 0 radical (unpaired) electrons. The number of aryl methyl sites for hydroxylation is 1. The molecule has 0 aliphatic rings. The van der Waals surface area contributed by atoms with Gasteiger partial charge in [0.05, 0.1) is 5.56 Å². The van der Waals surface area contributed by atoms with Crippen LogP contribution in [0.3, 0.4) is 0 Å². The van der Waals surface area contributed by atoms with E-state index in [1.807, 2.05) is 0 Å². The van der Waals surface area contributed by atoms with Crippen molar-refractivity contribution in [2.45, 2.75) is 13.3 Å². The van der Waals surface area contributed by atoms with E-state index < -0.39 is 0 Å². The molecule has 0 bridgehead atoms. The largest absolute Gasteiger partial charge is 0.469 e. The molecule has 0 unspecified atom stereocenters. The molecule has 0 saturated heterocycles. The number of nitrogens with one attached hydrogen (secondary N) is 2. The highest BCUT2D eigenvalue weighted by molar-refractivity contribution is 5.93. The summed E-state index contributed by atoms with van der Waals surface area (Å²) >= 11 is 0. The summed E-state index contributed by atoms with van der Waals surface area (Å²) in [4.78, 5) is 18.6. The second-order valence-electron chi connectivity index (χ2n) is 3.49. The summed E-state index contributed by atoms with van der Waals surface area (Å²) < 4.78 is 5.06. The van der Waals surface area contributed by atoms with Crippen LogP contribution in [0.25, 0.3) is 0 Å². The van der Waals surface area contributed by atoms with Crippen LogP contribution in [0.5, 0.6) is 0 Å². The summed E-state index contributed by atoms with van der Waals surface area (Å²) in [6.07, 6.45) is 5.60. The van der Waals surface area contributed by atoms with Gasteiger partial charge in [0.25, 0.3) is 5.91 Å². The Bertz CT molecular complexity index is 459. The number of H-pyrrole nitrogens is 1. The van der Waals surface area contributed by atoms with Crippen molar-refractivity contribution in [2.24, 2.45) is 0 Å². The Morgan fingerprint density at radius 3 is 3.12 bits per heavy atom. The van der Waals surface area contributed by atoms with Gasteiger partial charge in [-0.1, -0.05) is 0 Å². The summed E-state index contributed by atoms with van der Waals surface area (Å²) in [5.74, 6) is 1.48. The fourth-order valence-corrected chi connectivity index (χ4v) is 1.39. The predicted molar refractivity (Wildman–Crippen MR) is 58.1 cm³/mol. The maximum absolute atomic E-state index is 11.6. The predicted octanol–water partition coefficient (Wildman–Crippen LogP) is 1.28. The van der Waals surface area contributed by atoms with E-state index in [0.29, 0.717) is 18.5 Å². The molecule has 0 spiro atoms. The zero-order chi connectivity index (χ0) is 11.4. The molecule has 0 aliphatic carbocycles. The standard InChI is InChI=1S/C11H13N3O2/c1-8-6-9(7-16-8)11(15)14-3-2-10-12-4-5-13-10/h4-7H,2-3H2,1H3,(H,12,13)(H,14,15). The first-order chi connectivity index (χ1) is 7.75. The molecular formula is C11H13N3O2. The number of aromatic nitrogens is 2. The van der Waals surface area contributed by atoms with Crippen LogP contribution >= 0.6 is 0 Å². The fourth-order valence-electron chi connectivity index (χ4n) is 1.39. The van der Waals surface area contributed by atoms with Gasteiger partial charge in [0.15, 0.2) is 0 Å². The molecule has 0 atom stereocenters. The number of carbonyl (C=O) groups is 1. The Labute approximate surface area is 92.9 Å².